The molecular weight excluding hydrogens is 751 g/mol. The van der Waals surface area contributed by atoms with Crippen LogP contribution in [0.3, 0.4) is 0 Å². The standard InChI is InChI=1S/C48H30F6N2O2/c49-47(50,51)33-21-23(55)17-19-35(33)57-45-41-37-25-9-1-2-10-26(25)38(28-12-4-3-11-27(28)37)42(41)46(58-36-20-18-24(56)22-34(36)48(52,53)54)44-40-31-15-7-5-13-29(31)39(43(44)45)30-14-6-8-16-32(30)40/h1-22,37-40H,55-56H2. The van der Waals surface area contributed by atoms with Crippen LogP contribution in [0.5, 0.6) is 23.0 Å². The monoisotopic (exact) mass is 780 g/mol. The van der Waals surface area contributed by atoms with Crippen LogP contribution < -0.4 is 20.9 Å². The normalized spacial score (nSPS) is 19.0. The Morgan fingerprint density at radius 2 is 0.603 bits per heavy atom. The summed E-state index contributed by atoms with van der Waals surface area (Å²) in [6.07, 6.45) is -9.65. The fourth-order valence-electron chi connectivity index (χ4n) is 10.1. The van der Waals surface area contributed by atoms with Gasteiger partial charge in [0.05, 0.1) is 0 Å². The average molecular weight is 781 g/mol. The molecule has 0 aliphatic heterocycles. The number of rotatable bonds is 4. The van der Waals surface area contributed by atoms with Gasteiger partial charge in [0.2, 0.25) is 0 Å². The van der Waals surface area contributed by atoms with Crippen LogP contribution >= 0.6 is 0 Å². The van der Waals surface area contributed by atoms with Gasteiger partial charge in [-0.05, 0) is 80.9 Å². The average Bonchev–Trinajstić information content (AvgIpc) is 3.21. The second-order valence-corrected chi connectivity index (χ2v) is 15.3. The van der Waals surface area contributed by atoms with Crippen LogP contribution in [0.25, 0.3) is 0 Å². The van der Waals surface area contributed by atoms with Crippen molar-refractivity contribution >= 4 is 11.4 Å². The molecule has 0 radical (unpaired) electrons. The Hall–Kier alpha value is -6.68. The lowest BCUT2D eigenvalue weighted by Gasteiger charge is -2.49. The summed E-state index contributed by atoms with van der Waals surface area (Å²) in [7, 11) is 0. The van der Waals surface area contributed by atoms with Gasteiger partial charge in [-0.1, -0.05) is 97.1 Å². The highest BCUT2D eigenvalue weighted by atomic mass is 19.4. The lowest BCUT2D eigenvalue weighted by atomic mass is 9.55. The molecule has 13 rings (SSSR count). The molecule has 0 heterocycles. The third kappa shape index (κ3) is 4.77. The minimum Gasteiger partial charge on any atom is -0.456 e. The summed E-state index contributed by atoms with van der Waals surface area (Å²) in [5.74, 6) is -2.73. The van der Waals surface area contributed by atoms with Crippen LogP contribution in [0.4, 0.5) is 37.7 Å². The maximum absolute atomic E-state index is 14.9. The van der Waals surface area contributed by atoms with E-state index in [9.17, 15) is 26.3 Å². The van der Waals surface area contributed by atoms with Crippen molar-refractivity contribution in [1.29, 1.82) is 0 Å². The van der Waals surface area contributed by atoms with E-state index in [1.165, 1.54) is 24.3 Å². The number of ether oxygens (including phenoxy) is 2. The summed E-state index contributed by atoms with van der Waals surface area (Å²) >= 11 is 0. The minimum atomic E-state index is -4.83. The highest BCUT2D eigenvalue weighted by Gasteiger charge is 2.53. The minimum absolute atomic E-state index is 0.0831. The maximum atomic E-state index is 14.9. The van der Waals surface area contributed by atoms with Gasteiger partial charge in [-0.15, -0.1) is 0 Å². The van der Waals surface area contributed by atoms with Gasteiger partial charge in [0, 0.05) is 57.3 Å². The molecule has 6 aliphatic rings. The number of anilines is 2. The molecule has 0 saturated heterocycles. The molecule has 0 spiro atoms. The van der Waals surface area contributed by atoms with Crippen molar-refractivity contribution in [2.24, 2.45) is 0 Å². The largest absolute Gasteiger partial charge is 0.456 e. The summed E-state index contributed by atoms with van der Waals surface area (Å²) in [6, 6.07) is 38.2. The van der Waals surface area contributed by atoms with E-state index in [-0.39, 0.29) is 22.9 Å². The molecule has 10 heteroatoms. The van der Waals surface area contributed by atoms with Crippen LogP contribution in [0, 0.1) is 0 Å². The summed E-state index contributed by atoms with van der Waals surface area (Å²) in [5.41, 5.74) is 19.2. The van der Waals surface area contributed by atoms with E-state index < -0.39 is 58.7 Å². The zero-order valence-electron chi connectivity index (χ0n) is 30.3. The van der Waals surface area contributed by atoms with Crippen LogP contribution in [-0.2, 0) is 12.4 Å². The summed E-state index contributed by atoms with van der Waals surface area (Å²) in [6.45, 7) is 0. The highest BCUT2D eigenvalue weighted by Crippen LogP contribution is 2.69. The van der Waals surface area contributed by atoms with E-state index in [4.69, 9.17) is 20.9 Å². The lowest BCUT2D eigenvalue weighted by Crippen LogP contribution is -2.33. The molecule has 4 nitrogen and oxygen atoms in total. The van der Waals surface area contributed by atoms with Gasteiger partial charge >= 0.3 is 12.4 Å². The number of nitrogen functional groups attached to an aromatic ring is 2. The van der Waals surface area contributed by atoms with Crippen molar-refractivity contribution in [3.05, 3.63) is 211 Å². The van der Waals surface area contributed by atoms with Crippen molar-refractivity contribution in [2.75, 3.05) is 11.5 Å². The third-order valence-corrected chi connectivity index (χ3v) is 12.2. The molecule has 0 fully saturated rings. The van der Waals surface area contributed by atoms with Gasteiger partial charge in [-0.2, -0.15) is 26.3 Å². The maximum Gasteiger partial charge on any atom is 0.420 e. The van der Waals surface area contributed by atoms with Crippen LogP contribution in [-0.4, -0.2) is 0 Å². The molecule has 286 valence electrons. The third-order valence-electron chi connectivity index (χ3n) is 12.2. The Balaban J connectivity index is 1.32. The number of hydrogen-bond acceptors (Lipinski definition) is 4. The fraction of sp³-hybridized carbons (Fsp3) is 0.125. The first-order valence-electron chi connectivity index (χ1n) is 18.8. The fourth-order valence-corrected chi connectivity index (χ4v) is 10.1. The van der Waals surface area contributed by atoms with E-state index in [2.05, 4.69) is 0 Å². The van der Waals surface area contributed by atoms with Crippen LogP contribution in [0.15, 0.2) is 133 Å². The Morgan fingerprint density at radius 3 is 0.828 bits per heavy atom. The molecule has 4 N–H and O–H groups in total. The first-order valence-corrected chi connectivity index (χ1v) is 18.8. The first kappa shape index (κ1) is 34.6. The molecule has 58 heavy (non-hydrogen) atoms. The molecule has 0 aromatic heterocycles. The van der Waals surface area contributed by atoms with E-state index in [0.29, 0.717) is 22.3 Å². The van der Waals surface area contributed by atoms with E-state index in [1.807, 2.05) is 97.1 Å². The summed E-state index contributed by atoms with van der Waals surface area (Å²) in [4.78, 5) is 0. The van der Waals surface area contributed by atoms with Crippen LogP contribution in [0.1, 0.15) is 102 Å². The number of nitrogens with two attached hydrogens (primary N) is 2. The van der Waals surface area contributed by atoms with Crippen molar-refractivity contribution in [2.45, 2.75) is 36.0 Å². The van der Waals surface area contributed by atoms with Gasteiger partial charge in [0.1, 0.15) is 34.1 Å². The molecule has 7 aromatic carbocycles. The molecule has 0 atom stereocenters. The van der Waals surface area contributed by atoms with Gasteiger partial charge in [0.15, 0.2) is 0 Å². The zero-order valence-corrected chi connectivity index (χ0v) is 30.3. The highest BCUT2D eigenvalue weighted by molar-refractivity contribution is 5.83. The topological polar surface area (TPSA) is 70.5 Å². The van der Waals surface area contributed by atoms with Crippen LogP contribution in [0.2, 0.25) is 0 Å². The predicted molar refractivity (Wildman–Crippen MR) is 208 cm³/mol. The molecular formula is C48H30F6N2O2. The van der Waals surface area contributed by atoms with Gasteiger partial charge < -0.3 is 20.9 Å². The van der Waals surface area contributed by atoms with Gasteiger partial charge in [0.25, 0.3) is 0 Å². The SMILES string of the molecule is Nc1ccc(Oc2c3c(c(Oc4ccc(N)cc4C(F)(F)F)c4c2C2c5ccccc5C4c4ccccc42)C2c4ccccc4C3c3ccccc32)c(C(F)(F)F)c1. The molecule has 0 saturated carbocycles. The second kappa shape index (κ2) is 11.9. The van der Waals surface area contributed by atoms with Crippen molar-refractivity contribution < 1.29 is 35.8 Å². The van der Waals surface area contributed by atoms with Gasteiger partial charge in [-0.25, -0.2) is 0 Å². The number of alkyl halides is 6. The Labute approximate surface area is 328 Å². The number of benzene rings is 7. The van der Waals surface area contributed by atoms with Crippen molar-refractivity contribution in [3.63, 3.8) is 0 Å². The molecule has 4 bridgehead atoms. The Kier molecular flexibility index (Phi) is 7.10. The number of halogens is 6. The smallest absolute Gasteiger partial charge is 0.420 e. The lowest BCUT2D eigenvalue weighted by molar-refractivity contribution is -0.139. The Morgan fingerprint density at radius 1 is 0.362 bits per heavy atom. The summed E-state index contributed by atoms with van der Waals surface area (Å²) < 4.78 is 103. The van der Waals surface area contributed by atoms with Crippen molar-refractivity contribution in [1.82, 2.24) is 0 Å². The quantitative estimate of drug-likeness (QED) is 0.138. The second-order valence-electron chi connectivity index (χ2n) is 15.3. The first-order chi connectivity index (χ1) is 27.9. The van der Waals surface area contributed by atoms with Crippen molar-refractivity contribution in [3.8, 4) is 23.0 Å². The molecule has 0 amide bonds. The van der Waals surface area contributed by atoms with E-state index in [0.717, 1.165) is 56.6 Å². The van der Waals surface area contributed by atoms with E-state index >= 15 is 0 Å². The van der Waals surface area contributed by atoms with E-state index in [1.54, 1.807) is 0 Å². The van der Waals surface area contributed by atoms with Gasteiger partial charge in [-0.3, -0.25) is 0 Å². The Bertz CT molecular complexity index is 2480. The zero-order chi connectivity index (χ0) is 39.8. The molecule has 6 aliphatic carbocycles. The molecule has 0 unspecified atom stereocenters. The predicted octanol–water partition coefficient (Wildman–Crippen LogP) is 12.4. The summed E-state index contributed by atoms with van der Waals surface area (Å²) in [5, 5.41) is 0. The number of hydrogen-bond donors (Lipinski definition) is 2. The molecule has 7 aromatic rings.